The second-order valence-corrected chi connectivity index (χ2v) is 6.76. The van der Waals surface area contributed by atoms with Gasteiger partial charge in [0.25, 0.3) is 5.69 Å². The number of halogens is 1. The van der Waals surface area contributed by atoms with Gasteiger partial charge in [-0.1, -0.05) is 11.6 Å². The van der Waals surface area contributed by atoms with Crippen LogP contribution in [0.15, 0.2) is 23.1 Å². The van der Waals surface area contributed by atoms with Crippen LogP contribution in [0, 0.1) is 10.1 Å². The van der Waals surface area contributed by atoms with Gasteiger partial charge in [0.1, 0.15) is 0 Å². The Labute approximate surface area is 121 Å². The van der Waals surface area contributed by atoms with Gasteiger partial charge in [0.15, 0.2) is 4.90 Å². The first-order valence-electron chi connectivity index (χ1n) is 5.94. The van der Waals surface area contributed by atoms with Crippen molar-refractivity contribution in [3.63, 3.8) is 0 Å². The molecule has 110 valence electrons. The van der Waals surface area contributed by atoms with Crippen molar-refractivity contribution in [1.82, 2.24) is 4.31 Å². The van der Waals surface area contributed by atoms with Crippen molar-refractivity contribution in [2.45, 2.75) is 23.8 Å². The number of aliphatic hydroxyl groups excluding tert-OH is 1. The van der Waals surface area contributed by atoms with Crippen LogP contribution < -0.4 is 0 Å². The topological polar surface area (TPSA) is 101 Å². The van der Waals surface area contributed by atoms with Gasteiger partial charge >= 0.3 is 0 Å². The first kappa shape index (κ1) is 15.2. The minimum atomic E-state index is -4.02. The third-order valence-corrected chi connectivity index (χ3v) is 5.47. The van der Waals surface area contributed by atoms with E-state index in [0.29, 0.717) is 12.8 Å². The fourth-order valence-electron chi connectivity index (χ4n) is 2.29. The van der Waals surface area contributed by atoms with Crippen LogP contribution in [0.25, 0.3) is 0 Å². The number of hydrogen-bond acceptors (Lipinski definition) is 5. The van der Waals surface area contributed by atoms with Crippen LogP contribution in [0.1, 0.15) is 12.8 Å². The number of nitro groups is 1. The summed E-state index contributed by atoms with van der Waals surface area (Å²) in [6, 6.07) is 2.90. The molecule has 0 aromatic heterocycles. The summed E-state index contributed by atoms with van der Waals surface area (Å²) in [4.78, 5) is 9.83. The van der Waals surface area contributed by atoms with Crippen molar-refractivity contribution in [3.05, 3.63) is 33.3 Å². The zero-order valence-corrected chi connectivity index (χ0v) is 12.0. The summed E-state index contributed by atoms with van der Waals surface area (Å²) in [5, 5.41) is 20.3. The monoisotopic (exact) mass is 320 g/mol. The highest BCUT2D eigenvalue weighted by Gasteiger charge is 2.38. The number of nitro benzene ring substituents is 1. The van der Waals surface area contributed by atoms with E-state index in [9.17, 15) is 23.6 Å². The molecule has 0 spiro atoms. The Kier molecular flexibility index (Phi) is 4.28. The lowest BCUT2D eigenvalue weighted by Crippen LogP contribution is -2.37. The largest absolute Gasteiger partial charge is 0.395 e. The quantitative estimate of drug-likeness (QED) is 0.667. The molecule has 1 saturated heterocycles. The minimum absolute atomic E-state index is 0.0933. The van der Waals surface area contributed by atoms with Crippen LogP contribution in [0.3, 0.4) is 0 Å². The third kappa shape index (κ3) is 2.64. The molecule has 7 nitrogen and oxygen atoms in total. The molecule has 1 aromatic carbocycles. The van der Waals surface area contributed by atoms with Gasteiger partial charge in [-0.05, 0) is 25.0 Å². The summed E-state index contributed by atoms with van der Waals surface area (Å²) in [6.07, 6.45) is 1.16. The Bertz CT molecular complexity index is 634. The molecule has 0 aliphatic carbocycles. The van der Waals surface area contributed by atoms with Crippen molar-refractivity contribution in [3.8, 4) is 0 Å². The van der Waals surface area contributed by atoms with Crippen molar-refractivity contribution in [1.29, 1.82) is 0 Å². The number of nitrogens with zero attached hydrogens (tertiary/aromatic N) is 2. The molecule has 2 rings (SSSR count). The fraction of sp³-hybridized carbons (Fsp3) is 0.455. The van der Waals surface area contributed by atoms with Gasteiger partial charge in [-0.3, -0.25) is 10.1 Å². The predicted octanol–water partition coefficient (Wildman–Crippen LogP) is 1.39. The Morgan fingerprint density at radius 3 is 2.80 bits per heavy atom. The summed E-state index contributed by atoms with van der Waals surface area (Å²) in [6.45, 7) is -0.0615. The molecule has 0 amide bonds. The van der Waals surface area contributed by atoms with Gasteiger partial charge in [0.2, 0.25) is 10.0 Å². The van der Waals surface area contributed by atoms with E-state index in [0.717, 1.165) is 16.4 Å². The maximum Gasteiger partial charge on any atom is 0.290 e. The lowest BCUT2D eigenvalue weighted by molar-refractivity contribution is -0.387. The maximum absolute atomic E-state index is 12.5. The molecular weight excluding hydrogens is 308 g/mol. The van der Waals surface area contributed by atoms with Gasteiger partial charge in [-0.25, -0.2) is 8.42 Å². The molecular formula is C11H13ClN2O5S. The number of hydrogen-bond donors (Lipinski definition) is 1. The smallest absolute Gasteiger partial charge is 0.290 e. The molecule has 1 atom stereocenters. The summed E-state index contributed by atoms with van der Waals surface area (Å²) < 4.78 is 26.1. The zero-order valence-electron chi connectivity index (χ0n) is 10.4. The van der Waals surface area contributed by atoms with E-state index < -0.39 is 31.6 Å². The molecule has 1 unspecified atom stereocenters. The van der Waals surface area contributed by atoms with Gasteiger partial charge in [-0.15, -0.1) is 0 Å². The van der Waals surface area contributed by atoms with Gasteiger partial charge in [0.05, 0.1) is 11.5 Å². The van der Waals surface area contributed by atoms with Crippen LogP contribution in [0.2, 0.25) is 5.02 Å². The van der Waals surface area contributed by atoms with Gasteiger partial charge in [0, 0.05) is 23.7 Å². The molecule has 1 fully saturated rings. The van der Waals surface area contributed by atoms with Crippen LogP contribution in [0.4, 0.5) is 5.69 Å². The summed E-state index contributed by atoms with van der Waals surface area (Å²) in [7, 11) is -4.02. The number of benzene rings is 1. The van der Waals surface area contributed by atoms with E-state index in [-0.39, 0.29) is 18.2 Å². The minimum Gasteiger partial charge on any atom is -0.395 e. The third-order valence-electron chi connectivity index (χ3n) is 3.24. The average molecular weight is 321 g/mol. The average Bonchev–Trinajstić information content (AvgIpc) is 2.87. The van der Waals surface area contributed by atoms with Crippen LogP contribution in [-0.2, 0) is 10.0 Å². The zero-order chi connectivity index (χ0) is 14.9. The molecule has 0 radical (unpaired) electrons. The fourth-order valence-corrected chi connectivity index (χ4v) is 4.28. The second-order valence-electron chi connectivity index (χ2n) is 4.46. The Hall–Kier alpha value is -1.22. The predicted molar refractivity (Wildman–Crippen MR) is 72.1 cm³/mol. The molecule has 0 saturated carbocycles. The van der Waals surface area contributed by atoms with E-state index in [4.69, 9.17) is 11.6 Å². The molecule has 1 aliphatic rings. The molecule has 1 N–H and O–H groups in total. The van der Waals surface area contributed by atoms with Crippen molar-refractivity contribution < 1.29 is 18.4 Å². The van der Waals surface area contributed by atoms with Crippen LogP contribution in [-0.4, -0.2) is 41.9 Å². The van der Waals surface area contributed by atoms with Crippen LogP contribution >= 0.6 is 11.6 Å². The lowest BCUT2D eigenvalue weighted by atomic mass is 10.2. The number of sulfonamides is 1. The van der Waals surface area contributed by atoms with E-state index in [1.165, 1.54) is 6.07 Å². The highest BCUT2D eigenvalue weighted by Crippen LogP contribution is 2.32. The molecule has 1 heterocycles. The van der Waals surface area contributed by atoms with Gasteiger partial charge < -0.3 is 5.11 Å². The standard InChI is InChI=1S/C11H13ClN2O5S/c12-8-3-4-11(10(6-8)14(16)17)20(18,19)13-5-1-2-9(13)7-15/h3-4,6,9,15H,1-2,5,7H2. The van der Waals surface area contributed by atoms with E-state index in [1.54, 1.807) is 0 Å². The van der Waals surface area contributed by atoms with Gasteiger partial charge in [-0.2, -0.15) is 4.31 Å². The molecule has 9 heteroatoms. The van der Waals surface area contributed by atoms with Crippen LogP contribution in [0.5, 0.6) is 0 Å². The molecule has 1 aromatic rings. The Balaban J connectivity index is 2.52. The normalized spacial score (nSPS) is 20.2. The van der Waals surface area contributed by atoms with Crippen molar-refractivity contribution in [2.24, 2.45) is 0 Å². The second kappa shape index (κ2) is 5.65. The SMILES string of the molecule is O=[N+]([O-])c1cc(Cl)ccc1S(=O)(=O)N1CCCC1CO. The summed E-state index contributed by atoms with van der Waals surface area (Å²) in [5.74, 6) is 0. The van der Waals surface area contributed by atoms with Crippen molar-refractivity contribution >= 4 is 27.3 Å². The Morgan fingerprint density at radius 1 is 1.50 bits per heavy atom. The maximum atomic E-state index is 12.5. The molecule has 1 aliphatic heterocycles. The summed E-state index contributed by atoms with van der Waals surface area (Å²) >= 11 is 5.67. The first-order chi connectivity index (χ1) is 9.37. The number of aliphatic hydroxyl groups is 1. The van der Waals surface area contributed by atoms with E-state index >= 15 is 0 Å². The lowest BCUT2D eigenvalue weighted by Gasteiger charge is -2.22. The molecule has 20 heavy (non-hydrogen) atoms. The first-order valence-corrected chi connectivity index (χ1v) is 7.76. The van der Waals surface area contributed by atoms with Crippen molar-refractivity contribution in [2.75, 3.05) is 13.2 Å². The number of rotatable bonds is 4. The Morgan fingerprint density at radius 2 is 2.20 bits per heavy atom. The highest BCUT2D eigenvalue weighted by molar-refractivity contribution is 7.89. The van der Waals surface area contributed by atoms with E-state index in [1.807, 2.05) is 0 Å². The summed E-state index contributed by atoms with van der Waals surface area (Å²) in [5.41, 5.74) is -0.555. The van der Waals surface area contributed by atoms with E-state index in [2.05, 4.69) is 0 Å². The highest BCUT2D eigenvalue weighted by atomic mass is 35.5. The molecule has 0 bridgehead atoms.